The molecule has 0 bridgehead atoms. The molecule has 2 N–H and O–H groups in total. The summed E-state index contributed by atoms with van der Waals surface area (Å²) in [6.45, 7) is 2.68. The first kappa shape index (κ1) is 11.8. The molecule has 14 heavy (non-hydrogen) atoms. The second-order valence-corrected chi connectivity index (χ2v) is 4.44. The summed E-state index contributed by atoms with van der Waals surface area (Å²) in [5.41, 5.74) is -0.881. The fourth-order valence-electron chi connectivity index (χ4n) is 1.44. The van der Waals surface area contributed by atoms with Gasteiger partial charge in [-0.25, -0.2) is 0 Å². The maximum atomic E-state index is 11.2. The molecule has 0 aromatic carbocycles. The molecule has 0 aromatic rings. The summed E-state index contributed by atoms with van der Waals surface area (Å²) in [5, 5.41) is 12.7. The highest BCUT2D eigenvalue weighted by Gasteiger charge is 2.39. The van der Waals surface area contributed by atoms with Gasteiger partial charge in [-0.05, 0) is 13.2 Å². The highest BCUT2D eigenvalue weighted by atomic mass is 32.2. The molecule has 1 amide bonds. The van der Waals surface area contributed by atoms with Crippen molar-refractivity contribution in [3.05, 3.63) is 0 Å². The predicted octanol–water partition coefficient (Wildman–Crippen LogP) is 0.00550. The molecule has 0 aromatic heterocycles. The predicted molar refractivity (Wildman–Crippen MR) is 56.4 cm³/mol. The zero-order chi connectivity index (χ0) is 10.6. The van der Waals surface area contributed by atoms with E-state index < -0.39 is 5.60 Å². The molecule has 4 nitrogen and oxygen atoms in total. The normalized spacial score (nSPS) is 31.8. The van der Waals surface area contributed by atoms with E-state index in [1.54, 1.807) is 0 Å². The third kappa shape index (κ3) is 2.87. The topological polar surface area (TPSA) is 58.6 Å². The summed E-state index contributed by atoms with van der Waals surface area (Å²) in [6.07, 6.45) is 2.26. The van der Waals surface area contributed by atoms with Crippen molar-refractivity contribution in [2.24, 2.45) is 0 Å². The summed E-state index contributed by atoms with van der Waals surface area (Å²) in [4.78, 5) is 11.2. The summed E-state index contributed by atoms with van der Waals surface area (Å²) in [6, 6.07) is 0. The summed E-state index contributed by atoms with van der Waals surface area (Å²) < 4.78 is 5.25. The first-order valence-corrected chi connectivity index (χ1v) is 6.07. The van der Waals surface area contributed by atoms with Crippen LogP contribution in [0.2, 0.25) is 0 Å². The van der Waals surface area contributed by atoms with Gasteiger partial charge in [0.1, 0.15) is 5.60 Å². The molecule has 1 fully saturated rings. The third-order valence-corrected chi connectivity index (χ3v) is 3.08. The molecular formula is C9H17NO3S. The zero-order valence-corrected chi connectivity index (χ0v) is 9.39. The summed E-state index contributed by atoms with van der Waals surface area (Å²) in [5.74, 6) is 0.399. The fourth-order valence-corrected chi connectivity index (χ4v) is 1.80. The highest BCUT2D eigenvalue weighted by Crippen LogP contribution is 2.24. The van der Waals surface area contributed by atoms with E-state index >= 15 is 0 Å². The lowest BCUT2D eigenvalue weighted by Gasteiger charge is -2.26. The maximum absolute atomic E-state index is 11.2. The molecule has 2 atom stereocenters. The molecule has 0 aliphatic carbocycles. The molecule has 1 rings (SSSR count). The minimum absolute atomic E-state index is 0.0370. The Morgan fingerprint density at radius 1 is 1.79 bits per heavy atom. The quantitative estimate of drug-likeness (QED) is 0.699. The average Bonchev–Trinajstić information content (AvgIpc) is 2.46. The van der Waals surface area contributed by atoms with Crippen molar-refractivity contribution in [1.82, 2.24) is 5.32 Å². The number of hydrogen-bond acceptors (Lipinski definition) is 4. The van der Waals surface area contributed by atoms with Crippen LogP contribution >= 0.6 is 11.8 Å². The van der Waals surface area contributed by atoms with Gasteiger partial charge in [0, 0.05) is 19.6 Å². The monoisotopic (exact) mass is 219 g/mol. The number of nitrogens with one attached hydrogen (secondary N) is 1. The molecule has 5 heteroatoms. The van der Waals surface area contributed by atoms with Crippen LogP contribution in [-0.2, 0) is 9.53 Å². The van der Waals surface area contributed by atoms with Gasteiger partial charge in [-0.3, -0.25) is 4.79 Å². The maximum Gasteiger partial charge on any atom is 0.230 e. The standard InChI is InChI=1S/C9H17NO3S/c1-7-9(12,3-4-13-7)6-10-8(11)5-14-2/h7,12H,3-6H2,1-2H3,(H,10,11). The molecule has 1 heterocycles. The van der Waals surface area contributed by atoms with Crippen molar-refractivity contribution in [2.45, 2.75) is 25.0 Å². The molecule has 0 spiro atoms. The van der Waals surface area contributed by atoms with Gasteiger partial charge in [0.15, 0.2) is 0 Å². The lowest BCUT2D eigenvalue weighted by atomic mass is 9.97. The van der Waals surface area contributed by atoms with Crippen molar-refractivity contribution in [2.75, 3.05) is 25.2 Å². The number of ether oxygens (including phenoxy) is 1. The molecule has 82 valence electrons. The smallest absolute Gasteiger partial charge is 0.230 e. The number of rotatable bonds is 4. The van der Waals surface area contributed by atoms with Gasteiger partial charge >= 0.3 is 0 Å². The Balaban J connectivity index is 2.32. The molecule has 1 aliphatic rings. The summed E-state index contributed by atoms with van der Waals surface area (Å²) in [7, 11) is 0. The van der Waals surface area contributed by atoms with Crippen LogP contribution in [0.4, 0.5) is 0 Å². The van der Waals surface area contributed by atoms with Crippen molar-refractivity contribution < 1.29 is 14.6 Å². The molecular weight excluding hydrogens is 202 g/mol. The van der Waals surface area contributed by atoms with Crippen LogP contribution in [0.5, 0.6) is 0 Å². The number of thioether (sulfide) groups is 1. The van der Waals surface area contributed by atoms with E-state index in [9.17, 15) is 9.90 Å². The van der Waals surface area contributed by atoms with E-state index in [1.807, 2.05) is 13.2 Å². The second-order valence-electron chi connectivity index (χ2n) is 3.58. The Bertz CT molecular complexity index is 212. The van der Waals surface area contributed by atoms with Crippen LogP contribution in [0.15, 0.2) is 0 Å². The number of hydrogen-bond donors (Lipinski definition) is 2. The zero-order valence-electron chi connectivity index (χ0n) is 8.58. The Hall–Kier alpha value is -0.260. The van der Waals surface area contributed by atoms with Crippen LogP contribution in [0.25, 0.3) is 0 Å². The number of amides is 1. The lowest BCUT2D eigenvalue weighted by molar-refractivity contribution is -0.120. The number of carbonyl (C=O) groups excluding carboxylic acids is 1. The lowest BCUT2D eigenvalue weighted by Crippen LogP contribution is -2.47. The van der Waals surface area contributed by atoms with Crippen LogP contribution in [-0.4, -0.2) is 47.9 Å². The number of carbonyl (C=O) groups is 1. The largest absolute Gasteiger partial charge is 0.385 e. The molecule has 1 saturated heterocycles. The van der Waals surface area contributed by atoms with Gasteiger partial charge in [-0.1, -0.05) is 0 Å². The van der Waals surface area contributed by atoms with Crippen molar-refractivity contribution in [3.8, 4) is 0 Å². The van der Waals surface area contributed by atoms with Gasteiger partial charge in [0.2, 0.25) is 5.91 Å². The third-order valence-electron chi connectivity index (χ3n) is 2.53. The molecule has 2 unspecified atom stereocenters. The van der Waals surface area contributed by atoms with Crippen LogP contribution in [0.1, 0.15) is 13.3 Å². The Labute approximate surface area is 88.4 Å². The van der Waals surface area contributed by atoms with Crippen molar-refractivity contribution in [1.29, 1.82) is 0 Å². The van der Waals surface area contributed by atoms with E-state index in [1.165, 1.54) is 11.8 Å². The van der Waals surface area contributed by atoms with Gasteiger partial charge in [0.25, 0.3) is 0 Å². The average molecular weight is 219 g/mol. The van der Waals surface area contributed by atoms with Crippen molar-refractivity contribution in [3.63, 3.8) is 0 Å². The Morgan fingerprint density at radius 2 is 2.50 bits per heavy atom. The van der Waals surface area contributed by atoms with Gasteiger partial charge in [-0.2, -0.15) is 11.8 Å². The minimum atomic E-state index is -0.881. The van der Waals surface area contributed by atoms with E-state index in [0.717, 1.165) is 0 Å². The van der Waals surface area contributed by atoms with E-state index in [2.05, 4.69) is 5.32 Å². The Kier molecular flexibility index (Phi) is 4.22. The number of aliphatic hydroxyl groups is 1. The minimum Gasteiger partial charge on any atom is -0.385 e. The SMILES string of the molecule is CSCC(=O)NCC1(O)CCOC1C. The Morgan fingerprint density at radius 3 is 3.00 bits per heavy atom. The molecule has 0 saturated carbocycles. The van der Waals surface area contributed by atoms with E-state index in [0.29, 0.717) is 18.8 Å². The molecule has 0 radical (unpaired) electrons. The van der Waals surface area contributed by atoms with Crippen LogP contribution in [0.3, 0.4) is 0 Å². The van der Waals surface area contributed by atoms with Crippen LogP contribution in [0, 0.1) is 0 Å². The highest BCUT2D eigenvalue weighted by molar-refractivity contribution is 7.99. The molecule has 1 aliphatic heterocycles. The van der Waals surface area contributed by atoms with Gasteiger partial charge in [-0.15, -0.1) is 0 Å². The summed E-state index contributed by atoms with van der Waals surface area (Å²) >= 11 is 1.47. The van der Waals surface area contributed by atoms with E-state index in [4.69, 9.17) is 4.74 Å². The van der Waals surface area contributed by atoms with Crippen LogP contribution < -0.4 is 5.32 Å². The van der Waals surface area contributed by atoms with E-state index in [-0.39, 0.29) is 18.6 Å². The van der Waals surface area contributed by atoms with Gasteiger partial charge < -0.3 is 15.2 Å². The van der Waals surface area contributed by atoms with Gasteiger partial charge in [0.05, 0.1) is 11.9 Å². The first-order chi connectivity index (χ1) is 6.58. The second kappa shape index (κ2) is 5.00. The van der Waals surface area contributed by atoms with Crippen molar-refractivity contribution >= 4 is 17.7 Å². The first-order valence-electron chi connectivity index (χ1n) is 4.68. The fraction of sp³-hybridized carbons (Fsp3) is 0.889.